The van der Waals surface area contributed by atoms with Crippen molar-refractivity contribution in [2.45, 2.75) is 66.2 Å². The van der Waals surface area contributed by atoms with Crippen LogP contribution in [0.25, 0.3) is 15.9 Å². The number of methoxy groups -OCH3 is 1. The van der Waals surface area contributed by atoms with Gasteiger partial charge >= 0.3 is 6.09 Å². The summed E-state index contributed by atoms with van der Waals surface area (Å²) in [6.07, 6.45) is 1.51. The Morgan fingerprint density at radius 2 is 1.80 bits per heavy atom. The molecule has 1 N–H and O–H groups in total. The number of aryl methyl sites for hydroxylation is 2. The van der Waals surface area contributed by atoms with Gasteiger partial charge in [0.25, 0.3) is 11.1 Å². The summed E-state index contributed by atoms with van der Waals surface area (Å²) in [4.78, 5) is 39.5. The Labute approximate surface area is 237 Å². The zero-order valence-electron chi connectivity index (χ0n) is 24.1. The number of carbonyl (C=O) groups is 2. The van der Waals surface area contributed by atoms with Crippen molar-refractivity contribution in [1.82, 2.24) is 24.5 Å². The van der Waals surface area contributed by atoms with E-state index in [1.807, 2.05) is 65.6 Å². The molecule has 0 unspecified atom stereocenters. The number of piperazine rings is 1. The number of benzene rings is 1. The Hall–Kier alpha value is -3.93. The number of hydrogen-bond acceptors (Lipinski definition) is 9. The number of nitrogens with zero attached hydrogens (tertiary/aromatic N) is 6. The number of amides is 2. The maximum Gasteiger partial charge on any atom is 0.410 e. The Morgan fingerprint density at radius 1 is 1.10 bits per heavy atom. The molecule has 0 saturated carbocycles. The number of fused-ring (bicyclic) bond motifs is 2. The van der Waals surface area contributed by atoms with Gasteiger partial charge in [0.15, 0.2) is 11.5 Å². The molecule has 1 aliphatic rings. The minimum Gasteiger partial charge on any atom is -0.473 e. The van der Waals surface area contributed by atoms with E-state index in [2.05, 4.69) is 25.3 Å². The summed E-state index contributed by atoms with van der Waals surface area (Å²) in [5.41, 5.74) is 3.87. The Bertz CT molecular complexity index is 1590. The summed E-state index contributed by atoms with van der Waals surface area (Å²) in [5, 5.41) is 7.89. The van der Waals surface area contributed by atoms with Gasteiger partial charge in [-0.05, 0) is 72.2 Å². The van der Waals surface area contributed by atoms with Crippen molar-refractivity contribution in [2.24, 2.45) is 0 Å². The molecule has 11 nitrogen and oxygen atoms in total. The van der Waals surface area contributed by atoms with Gasteiger partial charge in [-0.3, -0.25) is 9.69 Å². The standard InChI is InChI=1S/C28H35N7O4S/c1-15-11-21(32-34-12-16(2)29-24(15)34)30-25(36)19-9-10-20(23-22(19)31-26(38-8)40-23)33-13-17(3)35(18(4)14-33)27(37)39-28(5,6)7/h9-12,17-18H,13-14H2,1-8H3,(H,30,32,36)/t17-,18-/m0/s1. The number of rotatable bonds is 4. The highest BCUT2D eigenvalue weighted by Crippen LogP contribution is 2.39. The molecule has 2 amide bonds. The van der Waals surface area contributed by atoms with Gasteiger partial charge in [-0.15, -0.1) is 5.10 Å². The Kier molecular flexibility index (Phi) is 7.07. The minimum absolute atomic E-state index is 0.0810. The first kappa shape index (κ1) is 27.6. The summed E-state index contributed by atoms with van der Waals surface area (Å²) in [7, 11) is 1.57. The van der Waals surface area contributed by atoms with Crippen molar-refractivity contribution in [1.29, 1.82) is 0 Å². The lowest BCUT2D eigenvalue weighted by Crippen LogP contribution is -2.59. The predicted octanol–water partition coefficient (Wildman–Crippen LogP) is 5.05. The lowest BCUT2D eigenvalue weighted by molar-refractivity contribution is 0.00567. The first-order valence-corrected chi connectivity index (χ1v) is 14.0. The van der Waals surface area contributed by atoms with Gasteiger partial charge in [-0.25, -0.2) is 19.3 Å². The van der Waals surface area contributed by atoms with Crippen molar-refractivity contribution in [3.8, 4) is 5.19 Å². The van der Waals surface area contributed by atoms with Crippen molar-refractivity contribution >= 4 is 50.7 Å². The molecular formula is C28H35N7O4S. The Balaban J connectivity index is 1.44. The van der Waals surface area contributed by atoms with E-state index in [4.69, 9.17) is 9.47 Å². The third kappa shape index (κ3) is 5.27. The fraction of sp³-hybridized carbons (Fsp3) is 0.464. The van der Waals surface area contributed by atoms with Crippen LogP contribution in [0.2, 0.25) is 0 Å². The van der Waals surface area contributed by atoms with Crippen molar-refractivity contribution < 1.29 is 19.1 Å². The molecule has 0 bridgehead atoms. The van der Waals surface area contributed by atoms with E-state index in [1.165, 1.54) is 11.3 Å². The monoisotopic (exact) mass is 565 g/mol. The van der Waals surface area contributed by atoms with Gasteiger partial charge in [0.1, 0.15) is 11.1 Å². The molecule has 1 aromatic carbocycles. The van der Waals surface area contributed by atoms with Crippen molar-refractivity contribution in [3.63, 3.8) is 0 Å². The molecule has 212 valence electrons. The van der Waals surface area contributed by atoms with Gasteiger partial charge in [0, 0.05) is 13.1 Å². The average Bonchev–Trinajstić information content (AvgIpc) is 3.45. The fourth-order valence-corrected chi connectivity index (χ4v) is 6.13. The zero-order valence-corrected chi connectivity index (χ0v) is 24.9. The highest BCUT2D eigenvalue weighted by atomic mass is 32.1. The van der Waals surface area contributed by atoms with E-state index < -0.39 is 5.60 Å². The first-order chi connectivity index (χ1) is 18.8. The summed E-state index contributed by atoms with van der Waals surface area (Å²) >= 11 is 1.39. The number of imidazole rings is 1. The van der Waals surface area contributed by atoms with E-state index in [9.17, 15) is 9.59 Å². The van der Waals surface area contributed by atoms with E-state index in [0.29, 0.717) is 35.2 Å². The van der Waals surface area contributed by atoms with Gasteiger partial charge in [0.2, 0.25) is 0 Å². The molecule has 1 aliphatic heterocycles. The lowest BCUT2D eigenvalue weighted by Gasteiger charge is -2.45. The van der Waals surface area contributed by atoms with E-state index in [-0.39, 0.29) is 24.1 Å². The van der Waals surface area contributed by atoms with Crippen LogP contribution in [0.15, 0.2) is 24.4 Å². The van der Waals surface area contributed by atoms with Gasteiger partial charge in [-0.2, -0.15) is 0 Å². The lowest BCUT2D eigenvalue weighted by atomic mass is 10.1. The maximum absolute atomic E-state index is 13.5. The summed E-state index contributed by atoms with van der Waals surface area (Å²) in [5.74, 6) is 0.108. The third-order valence-corrected chi connectivity index (χ3v) is 7.80. The second kappa shape index (κ2) is 10.2. The molecule has 5 rings (SSSR count). The molecule has 1 saturated heterocycles. The molecule has 2 atom stereocenters. The smallest absolute Gasteiger partial charge is 0.410 e. The average molecular weight is 566 g/mol. The first-order valence-electron chi connectivity index (χ1n) is 13.2. The molecule has 0 spiro atoms. The highest BCUT2D eigenvalue weighted by Gasteiger charge is 2.36. The van der Waals surface area contributed by atoms with Crippen LogP contribution in [0.4, 0.5) is 16.3 Å². The van der Waals surface area contributed by atoms with Crippen LogP contribution in [-0.4, -0.2) is 74.4 Å². The maximum atomic E-state index is 13.5. The SMILES string of the molecule is COc1nc2c(C(=O)Nc3cc(C)c4nc(C)cn4n3)ccc(N3C[C@H](C)N(C(=O)OC(C)(C)C)[C@@H](C)C3)c2s1. The molecular weight excluding hydrogens is 530 g/mol. The number of anilines is 2. The highest BCUT2D eigenvalue weighted by molar-refractivity contribution is 7.21. The number of hydrogen-bond donors (Lipinski definition) is 1. The number of nitrogens with one attached hydrogen (secondary N) is 1. The van der Waals surface area contributed by atoms with Crippen LogP contribution in [0, 0.1) is 13.8 Å². The van der Waals surface area contributed by atoms with Gasteiger partial charge in [0.05, 0.1) is 47.0 Å². The molecule has 0 aliphatic carbocycles. The van der Waals surface area contributed by atoms with E-state index >= 15 is 0 Å². The second-order valence-electron chi connectivity index (χ2n) is 11.3. The van der Waals surface area contributed by atoms with E-state index in [0.717, 1.165) is 27.3 Å². The minimum atomic E-state index is -0.562. The Morgan fingerprint density at radius 3 is 2.45 bits per heavy atom. The predicted molar refractivity (Wildman–Crippen MR) is 156 cm³/mol. The second-order valence-corrected chi connectivity index (χ2v) is 12.3. The van der Waals surface area contributed by atoms with E-state index in [1.54, 1.807) is 23.8 Å². The molecule has 4 heterocycles. The summed E-state index contributed by atoms with van der Waals surface area (Å²) < 4.78 is 13.6. The summed E-state index contributed by atoms with van der Waals surface area (Å²) in [6.45, 7) is 14.7. The van der Waals surface area contributed by atoms with Crippen LogP contribution in [0.5, 0.6) is 5.19 Å². The van der Waals surface area contributed by atoms with Crippen LogP contribution >= 0.6 is 11.3 Å². The normalized spacial score (nSPS) is 17.9. The largest absolute Gasteiger partial charge is 0.473 e. The van der Waals surface area contributed by atoms with Gasteiger partial charge in [-0.1, -0.05) is 11.3 Å². The molecule has 3 aromatic heterocycles. The number of aromatic nitrogens is 4. The topological polar surface area (TPSA) is 114 Å². The molecule has 12 heteroatoms. The summed E-state index contributed by atoms with van der Waals surface area (Å²) in [6, 6.07) is 5.37. The quantitative estimate of drug-likeness (QED) is 0.366. The van der Waals surface area contributed by atoms with Crippen LogP contribution in [-0.2, 0) is 4.74 Å². The molecule has 4 aromatic rings. The molecule has 40 heavy (non-hydrogen) atoms. The molecule has 1 fully saturated rings. The van der Waals surface area contributed by atoms with Crippen LogP contribution < -0.4 is 15.0 Å². The number of ether oxygens (including phenoxy) is 2. The zero-order chi connectivity index (χ0) is 28.9. The van der Waals surface area contributed by atoms with Crippen molar-refractivity contribution in [3.05, 3.63) is 41.2 Å². The van der Waals surface area contributed by atoms with Crippen molar-refractivity contribution in [2.75, 3.05) is 30.4 Å². The van der Waals surface area contributed by atoms with Crippen LogP contribution in [0.1, 0.15) is 56.2 Å². The third-order valence-electron chi connectivity index (χ3n) is 6.76. The number of thiazole rings is 1. The van der Waals surface area contributed by atoms with Crippen LogP contribution in [0.3, 0.4) is 0 Å². The van der Waals surface area contributed by atoms with Gasteiger partial charge < -0.3 is 19.7 Å². The fourth-order valence-electron chi connectivity index (χ4n) is 5.18. The molecule has 0 radical (unpaired) electrons. The number of carbonyl (C=O) groups excluding carboxylic acids is 2.